The Morgan fingerprint density at radius 2 is 2.24 bits per heavy atom. The Labute approximate surface area is 108 Å². The highest BCUT2D eigenvalue weighted by molar-refractivity contribution is 8.00. The van der Waals surface area contributed by atoms with Crippen LogP contribution in [-0.4, -0.2) is 33.6 Å². The maximum Gasteiger partial charge on any atom is 0.109 e. The van der Waals surface area contributed by atoms with E-state index in [-0.39, 0.29) is 0 Å². The van der Waals surface area contributed by atoms with Crippen molar-refractivity contribution in [2.75, 3.05) is 19.3 Å². The van der Waals surface area contributed by atoms with Gasteiger partial charge in [-0.15, -0.1) is 0 Å². The molecule has 1 saturated carbocycles. The van der Waals surface area contributed by atoms with Gasteiger partial charge < -0.3 is 9.88 Å². The molecule has 0 atom stereocenters. The Bertz CT molecular complexity index is 342. The molecular formula is C13H23N3S. The minimum atomic E-state index is 0.516. The largest absolute Gasteiger partial charge is 0.338 e. The van der Waals surface area contributed by atoms with Gasteiger partial charge in [-0.2, -0.15) is 11.8 Å². The summed E-state index contributed by atoms with van der Waals surface area (Å²) in [4.78, 5) is 4.34. The van der Waals surface area contributed by atoms with Crippen LogP contribution in [0.1, 0.15) is 31.5 Å². The molecule has 0 radical (unpaired) electrons. The van der Waals surface area contributed by atoms with E-state index in [1.165, 1.54) is 31.5 Å². The van der Waals surface area contributed by atoms with Crippen molar-refractivity contribution in [3.8, 4) is 0 Å². The molecule has 1 aromatic heterocycles. The van der Waals surface area contributed by atoms with Gasteiger partial charge in [0.15, 0.2) is 0 Å². The third kappa shape index (κ3) is 3.26. The van der Waals surface area contributed by atoms with Gasteiger partial charge in [-0.05, 0) is 19.1 Å². The minimum absolute atomic E-state index is 0.516. The van der Waals surface area contributed by atoms with Crippen LogP contribution >= 0.6 is 11.8 Å². The van der Waals surface area contributed by atoms with Crippen LogP contribution in [0.3, 0.4) is 0 Å². The fraction of sp³-hybridized carbons (Fsp3) is 0.769. The van der Waals surface area contributed by atoms with Gasteiger partial charge in [0.1, 0.15) is 5.82 Å². The highest BCUT2D eigenvalue weighted by Gasteiger charge is 2.32. The lowest BCUT2D eigenvalue weighted by Gasteiger charge is -2.27. The number of hydrogen-bond donors (Lipinski definition) is 1. The van der Waals surface area contributed by atoms with E-state index in [1.54, 1.807) is 0 Å². The van der Waals surface area contributed by atoms with Crippen LogP contribution in [-0.2, 0) is 13.5 Å². The van der Waals surface area contributed by atoms with Gasteiger partial charge in [0, 0.05) is 43.7 Å². The van der Waals surface area contributed by atoms with Crippen LogP contribution < -0.4 is 5.32 Å². The third-order valence-electron chi connectivity index (χ3n) is 3.84. The third-order valence-corrected chi connectivity index (χ3v) is 5.26. The summed E-state index contributed by atoms with van der Waals surface area (Å²) in [5.74, 6) is 1.17. The van der Waals surface area contributed by atoms with E-state index < -0.39 is 0 Å². The van der Waals surface area contributed by atoms with Crippen molar-refractivity contribution in [1.82, 2.24) is 14.9 Å². The highest BCUT2D eigenvalue weighted by Crippen LogP contribution is 2.39. The van der Waals surface area contributed by atoms with Gasteiger partial charge in [-0.1, -0.05) is 12.8 Å². The molecule has 1 aliphatic carbocycles. The molecule has 0 aromatic carbocycles. The Morgan fingerprint density at radius 1 is 1.47 bits per heavy atom. The summed E-state index contributed by atoms with van der Waals surface area (Å²) in [6.45, 7) is 2.19. The van der Waals surface area contributed by atoms with Crippen molar-refractivity contribution in [3.63, 3.8) is 0 Å². The molecule has 4 heteroatoms. The predicted octanol–water partition coefficient (Wildman–Crippen LogP) is 2.23. The second-order valence-electron chi connectivity index (χ2n) is 4.98. The molecule has 3 nitrogen and oxygen atoms in total. The van der Waals surface area contributed by atoms with Crippen LogP contribution in [0.5, 0.6) is 0 Å². The van der Waals surface area contributed by atoms with Crippen LogP contribution in [0.15, 0.2) is 12.4 Å². The summed E-state index contributed by atoms with van der Waals surface area (Å²) in [6, 6.07) is 0. The van der Waals surface area contributed by atoms with E-state index in [2.05, 4.69) is 28.2 Å². The molecule has 96 valence electrons. The first kappa shape index (κ1) is 13.0. The van der Waals surface area contributed by atoms with E-state index in [9.17, 15) is 0 Å². The van der Waals surface area contributed by atoms with Crippen LogP contribution in [0.4, 0.5) is 0 Å². The second-order valence-corrected chi connectivity index (χ2v) is 6.25. The topological polar surface area (TPSA) is 29.9 Å². The number of nitrogens with one attached hydrogen (secondary N) is 1. The van der Waals surface area contributed by atoms with Gasteiger partial charge in [-0.25, -0.2) is 4.98 Å². The summed E-state index contributed by atoms with van der Waals surface area (Å²) in [5, 5.41) is 3.61. The normalized spacial score (nSPS) is 18.7. The summed E-state index contributed by atoms with van der Waals surface area (Å²) >= 11 is 2.05. The van der Waals surface area contributed by atoms with E-state index in [1.807, 2.05) is 24.2 Å². The van der Waals surface area contributed by atoms with Gasteiger partial charge in [0.05, 0.1) is 0 Å². The lowest BCUT2D eigenvalue weighted by molar-refractivity contribution is 0.531. The number of rotatable bonds is 6. The molecule has 2 rings (SSSR count). The monoisotopic (exact) mass is 253 g/mol. The van der Waals surface area contributed by atoms with E-state index in [4.69, 9.17) is 0 Å². The molecule has 0 unspecified atom stereocenters. The van der Waals surface area contributed by atoms with Crippen molar-refractivity contribution < 1.29 is 0 Å². The zero-order chi connectivity index (χ0) is 12.1. The molecule has 1 aromatic rings. The summed E-state index contributed by atoms with van der Waals surface area (Å²) in [7, 11) is 2.06. The first-order valence-electron chi connectivity index (χ1n) is 6.48. The molecule has 17 heavy (non-hydrogen) atoms. The number of thioether (sulfide) groups is 1. The van der Waals surface area contributed by atoms with E-state index in [0.717, 1.165) is 19.5 Å². The molecule has 0 bridgehead atoms. The predicted molar refractivity (Wildman–Crippen MR) is 74.5 cm³/mol. The average molecular weight is 253 g/mol. The average Bonchev–Trinajstić information content (AvgIpc) is 2.95. The van der Waals surface area contributed by atoms with Crippen molar-refractivity contribution in [2.45, 2.75) is 36.9 Å². The number of nitrogens with zero attached hydrogens (tertiary/aromatic N) is 2. The first-order valence-corrected chi connectivity index (χ1v) is 7.70. The SMILES string of the molecule is CSC1(CNCCc2nccn2C)CCCC1. The van der Waals surface area contributed by atoms with E-state index >= 15 is 0 Å². The molecule has 1 heterocycles. The van der Waals surface area contributed by atoms with Crippen molar-refractivity contribution in [2.24, 2.45) is 7.05 Å². The molecule has 0 aliphatic heterocycles. The number of aryl methyl sites for hydroxylation is 1. The van der Waals surface area contributed by atoms with Crippen LogP contribution in [0.2, 0.25) is 0 Å². The van der Waals surface area contributed by atoms with Crippen molar-refractivity contribution >= 4 is 11.8 Å². The number of imidazole rings is 1. The quantitative estimate of drug-likeness (QED) is 0.789. The Hall–Kier alpha value is -0.480. The first-order chi connectivity index (χ1) is 8.26. The molecule has 1 aliphatic rings. The Kier molecular flexibility index (Phi) is 4.51. The van der Waals surface area contributed by atoms with Crippen LogP contribution in [0.25, 0.3) is 0 Å². The van der Waals surface area contributed by atoms with Gasteiger partial charge >= 0.3 is 0 Å². The Morgan fingerprint density at radius 3 is 2.82 bits per heavy atom. The van der Waals surface area contributed by atoms with Crippen LogP contribution in [0, 0.1) is 0 Å². The minimum Gasteiger partial charge on any atom is -0.338 e. The second kappa shape index (κ2) is 5.91. The molecule has 1 N–H and O–H groups in total. The molecular weight excluding hydrogens is 230 g/mol. The molecule has 0 saturated heterocycles. The zero-order valence-electron chi connectivity index (χ0n) is 10.9. The molecule has 0 spiro atoms. The zero-order valence-corrected chi connectivity index (χ0v) is 11.7. The standard InChI is InChI=1S/C13H23N3S/c1-16-10-9-15-12(16)5-8-14-11-13(17-2)6-3-4-7-13/h9-10,14H,3-8,11H2,1-2H3. The molecule has 1 fully saturated rings. The fourth-order valence-electron chi connectivity index (χ4n) is 2.63. The van der Waals surface area contributed by atoms with Gasteiger partial charge in [0.25, 0.3) is 0 Å². The Balaban J connectivity index is 1.71. The highest BCUT2D eigenvalue weighted by atomic mass is 32.2. The number of aromatic nitrogens is 2. The summed E-state index contributed by atoms with van der Waals surface area (Å²) < 4.78 is 2.61. The lowest BCUT2D eigenvalue weighted by atomic mass is 10.1. The summed E-state index contributed by atoms with van der Waals surface area (Å²) in [6.07, 6.45) is 12.7. The maximum atomic E-state index is 4.34. The lowest BCUT2D eigenvalue weighted by Crippen LogP contribution is -2.36. The van der Waals surface area contributed by atoms with Crippen molar-refractivity contribution in [1.29, 1.82) is 0 Å². The fourth-order valence-corrected chi connectivity index (χ4v) is 3.57. The maximum absolute atomic E-state index is 4.34. The summed E-state index contributed by atoms with van der Waals surface area (Å²) in [5.41, 5.74) is 0. The van der Waals surface area contributed by atoms with Gasteiger partial charge in [-0.3, -0.25) is 0 Å². The van der Waals surface area contributed by atoms with Crippen molar-refractivity contribution in [3.05, 3.63) is 18.2 Å². The number of hydrogen-bond acceptors (Lipinski definition) is 3. The van der Waals surface area contributed by atoms with Gasteiger partial charge in [0.2, 0.25) is 0 Å². The molecule has 0 amide bonds. The smallest absolute Gasteiger partial charge is 0.109 e. The van der Waals surface area contributed by atoms with E-state index in [0.29, 0.717) is 4.75 Å².